The fourth-order valence-electron chi connectivity index (χ4n) is 3.41. The van der Waals surface area contributed by atoms with Crippen LogP contribution in [-0.4, -0.2) is 39.5 Å². The number of hydrogen-bond acceptors (Lipinski definition) is 7. The molecule has 7 nitrogen and oxygen atoms in total. The third-order valence-electron chi connectivity index (χ3n) is 5.01. The van der Waals surface area contributed by atoms with Crippen LogP contribution >= 0.6 is 23.1 Å². The van der Waals surface area contributed by atoms with Gasteiger partial charge in [-0.25, -0.2) is 4.79 Å². The molecule has 0 spiro atoms. The molecular formula is C23H28N4O3S2. The molecular weight excluding hydrogens is 444 g/mol. The minimum absolute atomic E-state index is 0.170. The number of thioether (sulfide) groups is 1. The first-order valence-electron chi connectivity index (χ1n) is 10.5. The quantitative estimate of drug-likeness (QED) is 0.344. The normalized spacial score (nSPS) is 10.9. The summed E-state index contributed by atoms with van der Waals surface area (Å²) in [5, 5.41) is 14.5. The highest BCUT2D eigenvalue weighted by atomic mass is 32.2. The van der Waals surface area contributed by atoms with Gasteiger partial charge in [0.1, 0.15) is 16.4 Å². The van der Waals surface area contributed by atoms with E-state index in [2.05, 4.69) is 27.0 Å². The van der Waals surface area contributed by atoms with Gasteiger partial charge in [0, 0.05) is 23.9 Å². The molecule has 0 saturated heterocycles. The van der Waals surface area contributed by atoms with Crippen LogP contribution in [0, 0.1) is 13.8 Å². The Morgan fingerprint density at radius 2 is 1.97 bits per heavy atom. The van der Waals surface area contributed by atoms with Gasteiger partial charge in [-0.05, 0) is 31.4 Å². The van der Waals surface area contributed by atoms with E-state index in [1.165, 1.54) is 30.2 Å². The summed E-state index contributed by atoms with van der Waals surface area (Å²) in [5.41, 5.74) is 4.25. The molecule has 3 aromatic rings. The fraction of sp³-hybridized carbons (Fsp3) is 0.391. The number of aryl methyl sites for hydroxylation is 3. The minimum Gasteiger partial charge on any atom is -0.465 e. The first-order chi connectivity index (χ1) is 15.4. The largest absolute Gasteiger partial charge is 0.465 e. The van der Waals surface area contributed by atoms with Gasteiger partial charge in [0.25, 0.3) is 0 Å². The van der Waals surface area contributed by atoms with Gasteiger partial charge in [0.05, 0.1) is 12.9 Å². The number of methoxy groups -OCH3 is 1. The first-order valence-corrected chi connectivity index (χ1v) is 12.4. The van der Waals surface area contributed by atoms with Gasteiger partial charge in [-0.15, -0.1) is 21.5 Å². The molecule has 1 N–H and O–H groups in total. The average molecular weight is 473 g/mol. The zero-order valence-corrected chi connectivity index (χ0v) is 20.7. The van der Waals surface area contributed by atoms with Crippen LogP contribution in [0.4, 0.5) is 5.00 Å². The number of carbonyl (C=O) groups is 2. The molecule has 170 valence electrons. The topological polar surface area (TPSA) is 86.1 Å². The van der Waals surface area contributed by atoms with Crippen molar-refractivity contribution in [1.29, 1.82) is 0 Å². The minimum atomic E-state index is -0.472. The molecule has 0 aliphatic carbocycles. The molecule has 0 unspecified atom stereocenters. The number of hydrogen-bond donors (Lipinski definition) is 1. The van der Waals surface area contributed by atoms with Gasteiger partial charge >= 0.3 is 5.97 Å². The van der Waals surface area contributed by atoms with Crippen molar-refractivity contribution in [2.45, 2.75) is 52.2 Å². The number of anilines is 1. The third kappa shape index (κ3) is 5.21. The maximum absolute atomic E-state index is 12.7. The van der Waals surface area contributed by atoms with E-state index in [-0.39, 0.29) is 11.7 Å². The Kier molecular flexibility index (Phi) is 8.09. The summed E-state index contributed by atoms with van der Waals surface area (Å²) in [5.74, 6) is 0.404. The van der Waals surface area contributed by atoms with E-state index in [1.807, 2.05) is 44.4 Å². The van der Waals surface area contributed by atoms with Crippen molar-refractivity contribution >= 4 is 40.0 Å². The fourth-order valence-corrected chi connectivity index (χ4v) is 5.16. The number of thiophene rings is 1. The number of carbonyl (C=O) groups excluding carboxylic acids is 2. The lowest BCUT2D eigenvalue weighted by Crippen LogP contribution is -2.16. The number of aromatic nitrogens is 3. The Balaban J connectivity index is 1.81. The number of rotatable bonds is 9. The molecule has 2 aromatic heterocycles. The van der Waals surface area contributed by atoms with Crippen LogP contribution in [-0.2, 0) is 22.5 Å². The van der Waals surface area contributed by atoms with E-state index >= 15 is 0 Å². The number of nitrogens with zero attached hydrogens (tertiary/aromatic N) is 3. The predicted molar refractivity (Wildman–Crippen MR) is 130 cm³/mol. The summed E-state index contributed by atoms with van der Waals surface area (Å²) in [6.07, 6.45) is 1.75. The molecule has 3 rings (SSSR count). The molecule has 32 heavy (non-hydrogen) atoms. The molecule has 0 aliphatic heterocycles. The monoisotopic (exact) mass is 472 g/mol. The summed E-state index contributed by atoms with van der Waals surface area (Å²) in [6, 6.07) is 6.09. The highest BCUT2D eigenvalue weighted by molar-refractivity contribution is 7.99. The second-order valence-corrected chi connectivity index (χ2v) is 9.23. The van der Waals surface area contributed by atoms with Crippen LogP contribution in [0.15, 0.2) is 28.7 Å². The van der Waals surface area contributed by atoms with Gasteiger partial charge < -0.3 is 14.6 Å². The zero-order chi connectivity index (χ0) is 23.3. The smallest absolute Gasteiger partial charge is 0.341 e. The van der Waals surface area contributed by atoms with Crippen molar-refractivity contribution in [3.05, 3.63) is 46.1 Å². The second kappa shape index (κ2) is 10.8. The lowest BCUT2D eigenvalue weighted by molar-refractivity contribution is -0.113. The van der Waals surface area contributed by atoms with Crippen LogP contribution in [0.5, 0.6) is 0 Å². The molecule has 2 heterocycles. The number of ether oxygens (including phenoxy) is 1. The molecule has 0 radical (unpaired) electrons. The summed E-state index contributed by atoms with van der Waals surface area (Å²) >= 11 is 2.67. The summed E-state index contributed by atoms with van der Waals surface area (Å²) in [4.78, 5) is 25.3. The van der Waals surface area contributed by atoms with Crippen molar-refractivity contribution in [2.24, 2.45) is 0 Å². The Morgan fingerprint density at radius 1 is 1.19 bits per heavy atom. The van der Waals surface area contributed by atoms with E-state index in [0.29, 0.717) is 10.6 Å². The van der Waals surface area contributed by atoms with Gasteiger partial charge in [-0.3, -0.25) is 4.79 Å². The number of nitrogens with one attached hydrogen (secondary N) is 1. The summed E-state index contributed by atoms with van der Waals surface area (Å²) in [7, 11) is 1.35. The Hall–Kier alpha value is -2.65. The SMILES string of the molecule is CCCn1c(CC)nnc1SCC(=O)Nc1scc(-c2cc(C)ccc2C)c1C(=O)OC. The third-order valence-corrected chi connectivity index (χ3v) is 6.87. The zero-order valence-electron chi connectivity index (χ0n) is 19.0. The maximum Gasteiger partial charge on any atom is 0.341 e. The average Bonchev–Trinajstić information content (AvgIpc) is 3.37. The van der Waals surface area contributed by atoms with Gasteiger partial charge in [-0.2, -0.15) is 0 Å². The number of amides is 1. The van der Waals surface area contributed by atoms with Crippen LogP contribution < -0.4 is 5.32 Å². The van der Waals surface area contributed by atoms with E-state index in [4.69, 9.17) is 4.74 Å². The van der Waals surface area contributed by atoms with Crippen LogP contribution in [0.2, 0.25) is 0 Å². The molecule has 0 fully saturated rings. The second-order valence-electron chi connectivity index (χ2n) is 7.40. The highest BCUT2D eigenvalue weighted by Gasteiger charge is 2.23. The van der Waals surface area contributed by atoms with E-state index in [1.54, 1.807) is 0 Å². The summed E-state index contributed by atoms with van der Waals surface area (Å²) in [6.45, 7) is 8.96. The van der Waals surface area contributed by atoms with Gasteiger partial charge in [0.2, 0.25) is 5.91 Å². The van der Waals surface area contributed by atoms with Crippen molar-refractivity contribution < 1.29 is 14.3 Å². The lowest BCUT2D eigenvalue weighted by Gasteiger charge is -2.10. The number of esters is 1. The predicted octanol–water partition coefficient (Wildman–Crippen LogP) is 5.11. The van der Waals surface area contributed by atoms with Crippen LogP contribution in [0.25, 0.3) is 11.1 Å². The van der Waals surface area contributed by atoms with Crippen LogP contribution in [0.3, 0.4) is 0 Å². The highest BCUT2D eigenvalue weighted by Crippen LogP contribution is 2.38. The van der Waals surface area contributed by atoms with Crippen molar-refractivity contribution in [1.82, 2.24) is 14.8 Å². The number of benzene rings is 1. The van der Waals surface area contributed by atoms with E-state index in [9.17, 15) is 9.59 Å². The van der Waals surface area contributed by atoms with Crippen molar-refractivity contribution in [3.63, 3.8) is 0 Å². The molecule has 1 amide bonds. The molecule has 1 aromatic carbocycles. The van der Waals surface area contributed by atoms with Gasteiger partial charge in [0.15, 0.2) is 5.16 Å². The van der Waals surface area contributed by atoms with Crippen molar-refractivity contribution in [2.75, 3.05) is 18.2 Å². The first kappa shape index (κ1) is 24.0. The standard InChI is InChI=1S/C23H28N4O3S2/c1-6-10-27-18(7-2)25-26-23(27)32-13-19(28)24-21-20(22(29)30-5)17(12-31-21)16-11-14(3)8-9-15(16)4/h8-9,11-12H,6-7,10,13H2,1-5H3,(H,24,28). The lowest BCUT2D eigenvalue weighted by atomic mass is 9.97. The summed E-state index contributed by atoms with van der Waals surface area (Å²) < 4.78 is 7.08. The van der Waals surface area contributed by atoms with E-state index in [0.717, 1.165) is 52.6 Å². The molecule has 0 bridgehead atoms. The molecule has 0 atom stereocenters. The molecule has 9 heteroatoms. The molecule has 0 saturated carbocycles. The maximum atomic E-state index is 12.7. The van der Waals surface area contributed by atoms with Crippen LogP contribution in [0.1, 0.15) is 47.6 Å². The molecule has 0 aliphatic rings. The van der Waals surface area contributed by atoms with Crippen molar-refractivity contribution in [3.8, 4) is 11.1 Å². The Bertz CT molecular complexity index is 1120. The Labute approximate surface area is 196 Å². The van der Waals surface area contributed by atoms with E-state index < -0.39 is 5.97 Å². The van der Waals surface area contributed by atoms with Gasteiger partial charge in [-0.1, -0.05) is 49.4 Å². The Morgan fingerprint density at radius 3 is 2.66 bits per heavy atom.